The Labute approximate surface area is 267 Å². The molecule has 3 aromatic carbocycles. The molecule has 1 saturated heterocycles. The number of hydrogen-bond donors (Lipinski definition) is 3. The summed E-state index contributed by atoms with van der Waals surface area (Å²) in [5.74, 6) is 1.82. The molecule has 45 heavy (non-hydrogen) atoms. The molecule has 0 radical (unpaired) electrons. The lowest BCUT2D eigenvalue weighted by Crippen LogP contribution is -2.38. The molecule has 0 saturated carbocycles. The minimum absolute atomic E-state index is 0.132. The zero-order valence-corrected chi connectivity index (χ0v) is 27.1. The minimum atomic E-state index is -0.239. The Morgan fingerprint density at radius 1 is 0.867 bits per heavy atom. The summed E-state index contributed by atoms with van der Waals surface area (Å²) in [5, 5.41) is 8.81. The van der Waals surface area contributed by atoms with Crippen molar-refractivity contribution in [3.63, 3.8) is 0 Å². The van der Waals surface area contributed by atoms with Crippen LogP contribution in [0, 0.1) is 0 Å². The largest absolute Gasteiger partial charge is 0.490 e. The first-order valence-electron chi connectivity index (χ1n) is 16.2. The Bertz CT molecular complexity index is 1350. The number of hydrogen-bond acceptors (Lipinski definition) is 6. The van der Waals surface area contributed by atoms with Gasteiger partial charge in [0.25, 0.3) is 5.91 Å². The Morgan fingerprint density at radius 2 is 1.53 bits per heavy atom. The molecule has 9 nitrogen and oxygen atoms in total. The molecule has 9 heteroatoms. The van der Waals surface area contributed by atoms with Gasteiger partial charge in [0.15, 0.2) is 0 Å². The van der Waals surface area contributed by atoms with Crippen LogP contribution in [0.15, 0.2) is 66.7 Å². The summed E-state index contributed by atoms with van der Waals surface area (Å²) in [5.41, 5.74) is 2.66. The van der Waals surface area contributed by atoms with Gasteiger partial charge in [0.05, 0.1) is 6.61 Å². The molecule has 4 rings (SSSR count). The molecule has 0 bridgehead atoms. The van der Waals surface area contributed by atoms with Crippen molar-refractivity contribution in [1.29, 1.82) is 0 Å². The van der Waals surface area contributed by atoms with Crippen molar-refractivity contribution >= 4 is 23.3 Å². The summed E-state index contributed by atoms with van der Waals surface area (Å²) in [6, 6.07) is 19.9. The topological polar surface area (TPSA) is 101 Å². The molecule has 0 atom stereocenters. The van der Waals surface area contributed by atoms with E-state index < -0.39 is 0 Å². The van der Waals surface area contributed by atoms with Crippen molar-refractivity contribution in [2.75, 3.05) is 37.4 Å². The monoisotopic (exact) mass is 616 g/mol. The molecule has 1 aliphatic heterocycles. The van der Waals surface area contributed by atoms with Crippen molar-refractivity contribution in [1.82, 2.24) is 10.2 Å². The molecule has 0 spiro atoms. The highest BCUT2D eigenvalue weighted by Gasteiger charge is 2.20. The number of nitrogens with one attached hydrogen (secondary N) is 3. The minimum Gasteiger partial charge on any atom is -0.490 e. The van der Waals surface area contributed by atoms with Crippen LogP contribution in [0.5, 0.6) is 17.2 Å². The number of likely N-dealkylation sites (tertiary alicyclic amines) is 1. The highest BCUT2D eigenvalue weighted by atomic mass is 16.5. The van der Waals surface area contributed by atoms with Crippen LogP contribution in [0.25, 0.3) is 0 Å². The molecular formula is C36H48N4O5. The van der Waals surface area contributed by atoms with Crippen LogP contribution in [-0.2, 0) is 11.3 Å². The number of rotatable bonds is 15. The SMILES string of the molecule is CCCCN1CCC(Oc2ccc(C(=O)Nc3ccc(Oc4ccc(NC(=O)NC(CC)CC)cc4COC)cc3)cc2)CC1. The summed E-state index contributed by atoms with van der Waals surface area (Å²) in [6.07, 6.45) is 6.48. The van der Waals surface area contributed by atoms with Gasteiger partial charge in [-0.25, -0.2) is 4.79 Å². The van der Waals surface area contributed by atoms with Gasteiger partial charge in [-0.05, 0) is 105 Å². The number of carbonyl (C=O) groups is 2. The highest BCUT2D eigenvalue weighted by Crippen LogP contribution is 2.30. The normalized spacial score (nSPS) is 13.8. The number of carbonyl (C=O) groups excluding carboxylic acids is 2. The van der Waals surface area contributed by atoms with Crippen molar-refractivity contribution < 1.29 is 23.8 Å². The molecule has 3 N–H and O–H groups in total. The van der Waals surface area contributed by atoms with E-state index in [2.05, 4.69) is 27.8 Å². The third kappa shape index (κ3) is 10.5. The summed E-state index contributed by atoms with van der Waals surface area (Å²) in [6.45, 7) is 9.96. The molecule has 3 amide bonds. The van der Waals surface area contributed by atoms with Crippen LogP contribution in [0.3, 0.4) is 0 Å². The first-order valence-corrected chi connectivity index (χ1v) is 16.2. The molecule has 0 unspecified atom stereocenters. The number of unbranched alkanes of at least 4 members (excludes halogenated alkanes) is 1. The molecule has 3 aromatic rings. The zero-order chi connectivity index (χ0) is 32.0. The number of urea groups is 1. The number of benzene rings is 3. The summed E-state index contributed by atoms with van der Waals surface area (Å²) >= 11 is 0. The van der Waals surface area contributed by atoms with Gasteiger partial charge in [-0.1, -0.05) is 27.2 Å². The van der Waals surface area contributed by atoms with Crippen LogP contribution in [0.4, 0.5) is 16.2 Å². The predicted octanol–water partition coefficient (Wildman–Crippen LogP) is 7.83. The quantitative estimate of drug-likeness (QED) is 0.161. The molecule has 1 aliphatic rings. The van der Waals surface area contributed by atoms with E-state index in [9.17, 15) is 9.59 Å². The Kier molecular flexibility index (Phi) is 13.1. The van der Waals surface area contributed by atoms with Crippen LogP contribution in [-0.4, -0.2) is 55.7 Å². The average molecular weight is 617 g/mol. The lowest BCUT2D eigenvalue weighted by Gasteiger charge is -2.32. The summed E-state index contributed by atoms with van der Waals surface area (Å²) < 4.78 is 17.7. The third-order valence-corrected chi connectivity index (χ3v) is 8.06. The highest BCUT2D eigenvalue weighted by molar-refractivity contribution is 6.04. The van der Waals surface area contributed by atoms with E-state index in [1.54, 1.807) is 55.6 Å². The van der Waals surface area contributed by atoms with Gasteiger partial charge in [-0.2, -0.15) is 0 Å². The number of methoxy groups -OCH3 is 1. The van der Waals surface area contributed by atoms with E-state index >= 15 is 0 Å². The Hall–Kier alpha value is -4.08. The van der Waals surface area contributed by atoms with Crippen molar-refractivity contribution in [2.45, 2.75) is 78.0 Å². The summed E-state index contributed by atoms with van der Waals surface area (Å²) in [4.78, 5) is 27.8. The van der Waals surface area contributed by atoms with Gasteiger partial charge in [0.2, 0.25) is 0 Å². The van der Waals surface area contributed by atoms with E-state index in [4.69, 9.17) is 14.2 Å². The first-order chi connectivity index (χ1) is 21.9. The molecule has 1 heterocycles. The van der Waals surface area contributed by atoms with Gasteiger partial charge in [-0.3, -0.25) is 4.79 Å². The predicted molar refractivity (Wildman–Crippen MR) is 180 cm³/mol. The number of nitrogens with zero attached hydrogens (tertiary/aromatic N) is 1. The second kappa shape index (κ2) is 17.4. The number of ether oxygens (including phenoxy) is 3. The van der Waals surface area contributed by atoms with Crippen LogP contribution >= 0.6 is 0 Å². The molecule has 242 valence electrons. The van der Waals surface area contributed by atoms with Gasteiger partial charge < -0.3 is 35.1 Å². The number of piperidine rings is 1. The van der Waals surface area contributed by atoms with Gasteiger partial charge >= 0.3 is 6.03 Å². The van der Waals surface area contributed by atoms with Crippen molar-refractivity contribution in [3.05, 3.63) is 77.9 Å². The fourth-order valence-electron chi connectivity index (χ4n) is 5.32. The average Bonchev–Trinajstić information content (AvgIpc) is 3.05. The number of amides is 3. The number of anilines is 2. The smallest absolute Gasteiger partial charge is 0.319 e. The third-order valence-electron chi connectivity index (χ3n) is 8.06. The Balaban J connectivity index is 1.28. The maximum absolute atomic E-state index is 12.9. The van der Waals surface area contributed by atoms with E-state index in [1.807, 2.05) is 32.0 Å². The second-order valence-corrected chi connectivity index (χ2v) is 11.5. The van der Waals surface area contributed by atoms with Crippen LogP contribution in [0.2, 0.25) is 0 Å². The fourth-order valence-corrected chi connectivity index (χ4v) is 5.32. The van der Waals surface area contributed by atoms with Gasteiger partial charge in [-0.15, -0.1) is 0 Å². The summed E-state index contributed by atoms with van der Waals surface area (Å²) in [7, 11) is 1.61. The maximum Gasteiger partial charge on any atom is 0.319 e. The van der Waals surface area contributed by atoms with Crippen LogP contribution < -0.4 is 25.4 Å². The molecular weight excluding hydrogens is 568 g/mol. The standard InChI is InChI=1S/C36H48N4O5/c1-5-8-21-40-22-19-33(20-23-40)44-31-14-9-26(10-15-31)35(41)37-29-11-16-32(17-12-29)45-34-18-13-30(24-27(34)25-43-4)39-36(42)38-28(6-2)7-3/h9-18,24,28,33H,5-8,19-23,25H2,1-4H3,(H,37,41)(H2,38,39,42). The van der Waals surface area contributed by atoms with E-state index in [0.717, 1.165) is 50.1 Å². The molecule has 1 fully saturated rings. The first kappa shape index (κ1) is 33.8. The van der Waals surface area contributed by atoms with Crippen molar-refractivity contribution in [2.24, 2.45) is 0 Å². The second-order valence-electron chi connectivity index (χ2n) is 11.5. The maximum atomic E-state index is 12.9. The molecule has 0 aromatic heterocycles. The van der Waals surface area contributed by atoms with E-state index in [1.165, 1.54) is 19.4 Å². The van der Waals surface area contributed by atoms with Crippen LogP contribution in [0.1, 0.15) is 75.2 Å². The fraction of sp³-hybridized carbons (Fsp3) is 0.444. The van der Waals surface area contributed by atoms with Crippen molar-refractivity contribution in [3.8, 4) is 17.2 Å². The van der Waals surface area contributed by atoms with Gasteiger partial charge in [0.1, 0.15) is 23.4 Å². The van der Waals surface area contributed by atoms with E-state index in [0.29, 0.717) is 35.0 Å². The zero-order valence-electron chi connectivity index (χ0n) is 27.1. The van der Waals surface area contributed by atoms with E-state index in [-0.39, 0.29) is 24.1 Å². The van der Waals surface area contributed by atoms with Gasteiger partial charge in [0, 0.05) is 48.7 Å². The lowest BCUT2D eigenvalue weighted by atomic mass is 10.1. The lowest BCUT2D eigenvalue weighted by molar-refractivity contribution is 0.0996. The molecule has 0 aliphatic carbocycles. The Morgan fingerprint density at radius 3 is 2.18 bits per heavy atom.